The van der Waals surface area contributed by atoms with Gasteiger partial charge in [-0.2, -0.15) is 0 Å². The van der Waals surface area contributed by atoms with E-state index in [9.17, 15) is 4.79 Å². The summed E-state index contributed by atoms with van der Waals surface area (Å²) in [6, 6.07) is 0. The van der Waals surface area contributed by atoms with Gasteiger partial charge in [0.2, 0.25) is 0 Å². The molecule has 0 heterocycles. The Morgan fingerprint density at radius 2 is 2.11 bits per heavy atom. The van der Waals surface area contributed by atoms with Crippen LogP contribution in [0.15, 0.2) is 0 Å². The van der Waals surface area contributed by atoms with Crippen molar-refractivity contribution in [3.63, 3.8) is 0 Å². The quantitative estimate of drug-likeness (QED) is 0.544. The minimum Gasteiger partial charge on any atom is -0.300 e. The molecule has 1 saturated carbocycles. The van der Waals surface area contributed by atoms with E-state index in [0.717, 1.165) is 6.42 Å². The van der Waals surface area contributed by atoms with Crippen molar-refractivity contribution in [2.75, 3.05) is 0 Å². The monoisotopic (exact) mass is 166 g/mol. The topological polar surface area (TPSA) is 17.1 Å². The summed E-state index contributed by atoms with van der Waals surface area (Å²) in [6.07, 6.45) is 0.755. The van der Waals surface area contributed by atoms with Crippen LogP contribution in [0.3, 0.4) is 0 Å². The molecule has 0 aromatic rings. The Hall–Kier alpha value is 0.250. The van der Waals surface area contributed by atoms with Crippen LogP contribution in [0, 0.1) is 5.92 Å². The van der Waals surface area contributed by atoms with Crippen molar-refractivity contribution in [3.05, 3.63) is 0 Å². The van der Waals surface area contributed by atoms with E-state index in [1.54, 1.807) is 6.92 Å². The van der Waals surface area contributed by atoms with Gasteiger partial charge in [0.1, 0.15) is 5.78 Å². The molecule has 1 fully saturated rings. The fourth-order valence-corrected chi connectivity index (χ4v) is 1.70. The van der Waals surface area contributed by atoms with Gasteiger partial charge in [-0.15, -0.1) is 23.2 Å². The zero-order valence-corrected chi connectivity index (χ0v) is 6.62. The lowest BCUT2D eigenvalue weighted by Gasteiger charge is -2.34. The predicted octanol–water partition coefficient (Wildman–Crippen LogP) is 1.81. The van der Waals surface area contributed by atoms with Crippen molar-refractivity contribution < 1.29 is 4.79 Å². The molecule has 0 aromatic heterocycles. The minimum atomic E-state index is -0.121. The Kier molecular flexibility index (Phi) is 2.02. The molecule has 1 aliphatic rings. The van der Waals surface area contributed by atoms with Crippen LogP contribution in [-0.4, -0.2) is 16.5 Å². The summed E-state index contributed by atoms with van der Waals surface area (Å²) in [5.74, 6) is 0.182. The highest BCUT2D eigenvalue weighted by molar-refractivity contribution is 6.32. The minimum absolute atomic E-state index is 0.0144. The Labute approximate surface area is 64.3 Å². The van der Waals surface area contributed by atoms with Gasteiger partial charge < -0.3 is 0 Å². The summed E-state index contributed by atoms with van der Waals surface area (Å²) < 4.78 is 0. The number of hydrogen-bond acceptors (Lipinski definition) is 1. The lowest BCUT2D eigenvalue weighted by atomic mass is 9.81. The van der Waals surface area contributed by atoms with E-state index in [4.69, 9.17) is 23.2 Å². The van der Waals surface area contributed by atoms with E-state index >= 15 is 0 Å². The van der Waals surface area contributed by atoms with Gasteiger partial charge in [0.05, 0.1) is 10.8 Å². The molecule has 0 spiro atoms. The largest absolute Gasteiger partial charge is 0.300 e. The van der Waals surface area contributed by atoms with Crippen molar-refractivity contribution in [1.29, 1.82) is 0 Å². The van der Waals surface area contributed by atoms with Crippen LogP contribution in [0.1, 0.15) is 13.3 Å². The maximum Gasteiger partial charge on any atom is 0.134 e. The van der Waals surface area contributed by atoms with Gasteiger partial charge in [-0.3, -0.25) is 4.79 Å². The number of ketones is 1. The van der Waals surface area contributed by atoms with E-state index in [1.165, 1.54) is 0 Å². The molecule has 0 amide bonds. The Morgan fingerprint density at radius 1 is 1.56 bits per heavy atom. The van der Waals surface area contributed by atoms with Gasteiger partial charge in [0, 0.05) is 5.92 Å². The van der Waals surface area contributed by atoms with Gasteiger partial charge in [-0.1, -0.05) is 0 Å². The molecule has 9 heavy (non-hydrogen) atoms. The van der Waals surface area contributed by atoms with Gasteiger partial charge in [-0.05, 0) is 13.3 Å². The van der Waals surface area contributed by atoms with E-state index in [0.29, 0.717) is 0 Å². The molecule has 0 aliphatic heterocycles. The van der Waals surface area contributed by atoms with Crippen LogP contribution in [0.4, 0.5) is 0 Å². The summed E-state index contributed by atoms with van der Waals surface area (Å²) >= 11 is 11.4. The van der Waals surface area contributed by atoms with E-state index < -0.39 is 0 Å². The van der Waals surface area contributed by atoms with Crippen LogP contribution in [0.5, 0.6) is 0 Å². The highest BCUT2D eigenvalue weighted by atomic mass is 35.5. The first-order chi connectivity index (χ1) is 4.13. The fraction of sp³-hybridized carbons (Fsp3) is 0.833. The molecule has 0 bridgehead atoms. The second-order valence-electron chi connectivity index (χ2n) is 2.41. The number of Topliss-reactive ketones (excluding diaryl/α,β-unsaturated/α-hetero) is 1. The van der Waals surface area contributed by atoms with Gasteiger partial charge in [0.25, 0.3) is 0 Å². The Morgan fingerprint density at radius 3 is 2.22 bits per heavy atom. The number of carbonyl (C=O) groups excluding carboxylic acids is 1. The highest BCUT2D eigenvalue weighted by Gasteiger charge is 2.40. The van der Waals surface area contributed by atoms with Crippen molar-refractivity contribution >= 4 is 29.0 Å². The van der Waals surface area contributed by atoms with Crippen molar-refractivity contribution in [2.45, 2.75) is 24.1 Å². The summed E-state index contributed by atoms with van der Waals surface area (Å²) in [6.45, 7) is 1.56. The van der Waals surface area contributed by atoms with Crippen LogP contribution >= 0.6 is 23.2 Å². The zero-order chi connectivity index (χ0) is 7.02. The molecule has 0 N–H and O–H groups in total. The van der Waals surface area contributed by atoms with E-state index in [1.807, 2.05) is 0 Å². The number of carbonyl (C=O) groups is 1. The first-order valence-corrected chi connectivity index (χ1v) is 3.79. The molecular weight excluding hydrogens is 159 g/mol. The predicted molar refractivity (Wildman–Crippen MR) is 38.1 cm³/mol. The third-order valence-electron chi connectivity index (χ3n) is 1.73. The molecular formula is C6H8Cl2O. The standard InChI is InChI=1S/C6H8Cl2O/c1-3(9)4-2-5(7)6(4)8/h4-6H,2H2,1H3/t4-,5+,6-/m1/s1. The number of alkyl halides is 2. The summed E-state index contributed by atoms with van der Waals surface area (Å²) in [5.41, 5.74) is 0. The average Bonchev–Trinajstić information content (AvgIpc) is 1.81. The molecule has 1 aliphatic carbocycles. The first-order valence-electron chi connectivity index (χ1n) is 2.91. The molecule has 1 nitrogen and oxygen atoms in total. The maximum atomic E-state index is 10.6. The molecule has 1 rings (SSSR count). The molecule has 0 radical (unpaired) electrons. The first kappa shape index (κ1) is 7.36. The average molecular weight is 167 g/mol. The molecule has 0 aromatic carbocycles. The molecule has 52 valence electrons. The third kappa shape index (κ3) is 1.22. The van der Waals surface area contributed by atoms with Crippen LogP contribution in [0.25, 0.3) is 0 Å². The molecule has 3 atom stereocenters. The lowest BCUT2D eigenvalue weighted by Crippen LogP contribution is -2.42. The third-order valence-corrected chi connectivity index (χ3v) is 2.92. The van der Waals surface area contributed by atoms with Crippen LogP contribution in [0.2, 0.25) is 0 Å². The molecule has 3 heteroatoms. The van der Waals surface area contributed by atoms with Crippen LogP contribution in [-0.2, 0) is 4.79 Å². The smallest absolute Gasteiger partial charge is 0.134 e. The van der Waals surface area contributed by atoms with E-state index in [2.05, 4.69) is 0 Å². The SMILES string of the molecule is CC(=O)[C@H]1C[C@H](Cl)[C@@H]1Cl. The number of hydrogen-bond donors (Lipinski definition) is 0. The normalized spacial score (nSPS) is 41.9. The molecule has 0 saturated heterocycles. The summed E-state index contributed by atoms with van der Waals surface area (Å²) in [4.78, 5) is 10.6. The van der Waals surface area contributed by atoms with Gasteiger partial charge in [0.15, 0.2) is 0 Å². The fourth-order valence-electron chi connectivity index (χ4n) is 0.949. The number of halogens is 2. The molecule has 0 unspecified atom stereocenters. The Balaban J connectivity index is 2.42. The van der Waals surface area contributed by atoms with Crippen molar-refractivity contribution in [2.24, 2.45) is 5.92 Å². The van der Waals surface area contributed by atoms with Gasteiger partial charge in [-0.25, -0.2) is 0 Å². The Bertz CT molecular complexity index is 135. The number of rotatable bonds is 1. The van der Waals surface area contributed by atoms with Crippen molar-refractivity contribution in [1.82, 2.24) is 0 Å². The summed E-state index contributed by atoms with van der Waals surface area (Å²) in [5, 5.41) is -0.107. The second-order valence-corrected chi connectivity index (χ2v) is 3.48. The lowest BCUT2D eigenvalue weighted by molar-refractivity contribution is -0.122. The maximum absolute atomic E-state index is 10.6. The highest BCUT2D eigenvalue weighted by Crippen LogP contribution is 2.37. The second kappa shape index (κ2) is 2.47. The van der Waals surface area contributed by atoms with E-state index in [-0.39, 0.29) is 22.5 Å². The van der Waals surface area contributed by atoms with Crippen LogP contribution < -0.4 is 0 Å². The summed E-state index contributed by atoms with van der Waals surface area (Å²) in [7, 11) is 0. The van der Waals surface area contributed by atoms with Crippen molar-refractivity contribution in [3.8, 4) is 0 Å². The zero-order valence-electron chi connectivity index (χ0n) is 5.10. The van der Waals surface area contributed by atoms with Gasteiger partial charge >= 0.3 is 0 Å².